The summed E-state index contributed by atoms with van der Waals surface area (Å²) in [7, 11) is -3.51. The summed E-state index contributed by atoms with van der Waals surface area (Å²) in [5.74, 6) is 0.0132. The van der Waals surface area contributed by atoms with Gasteiger partial charge in [-0.2, -0.15) is 5.11 Å². The van der Waals surface area contributed by atoms with Gasteiger partial charge in [0, 0.05) is 5.41 Å². The first-order valence-electron chi connectivity index (χ1n) is 6.11. The molecule has 0 unspecified atom stereocenters. The molecule has 2 aromatic rings. The van der Waals surface area contributed by atoms with Gasteiger partial charge in [0.2, 0.25) is 0 Å². The van der Waals surface area contributed by atoms with E-state index in [0.29, 0.717) is 11.4 Å². The van der Waals surface area contributed by atoms with E-state index in [9.17, 15) is 13.5 Å². The lowest BCUT2D eigenvalue weighted by Crippen LogP contribution is -1.94. The number of phenols is 1. The second-order valence-electron chi connectivity index (χ2n) is 4.40. The molecule has 108 valence electrons. The molecule has 0 fully saturated rings. The van der Waals surface area contributed by atoms with Crippen LogP contribution >= 0.6 is 0 Å². The number of hydrogen-bond acceptors (Lipinski definition) is 5. The number of nitrogens with zero attached hydrogens (tertiary/aromatic N) is 2. The highest BCUT2D eigenvalue weighted by Gasteiger charge is 2.09. The maximum Gasteiger partial charge on any atom is 0.199 e. The van der Waals surface area contributed by atoms with Crippen LogP contribution in [0, 0.1) is 6.92 Å². The van der Waals surface area contributed by atoms with E-state index in [1.807, 2.05) is 6.92 Å². The van der Waals surface area contributed by atoms with Crippen LogP contribution in [-0.4, -0.2) is 13.5 Å². The van der Waals surface area contributed by atoms with Gasteiger partial charge in [-0.15, -0.1) is 5.11 Å². The van der Waals surface area contributed by atoms with Gasteiger partial charge >= 0.3 is 0 Å². The largest absolute Gasteiger partial charge is 0.506 e. The Morgan fingerprint density at radius 1 is 1.14 bits per heavy atom. The molecule has 2 rings (SSSR count). The summed E-state index contributed by atoms with van der Waals surface area (Å²) >= 11 is 0. The van der Waals surface area contributed by atoms with Crippen molar-refractivity contribution in [2.75, 3.05) is 0 Å². The Labute approximate surface area is 123 Å². The van der Waals surface area contributed by atoms with E-state index in [1.54, 1.807) is 24.3 Å². The molecule has 0 atom stereocenters. The first-order valence-corrected chi connectivity index (χ1v) is 7.66. The molecule has 0 amide bonds. The number of phenolic OH excluding ortho intramolecular Hbond substituents is 1. The lowest BCUT2D eigenvalue weighted by Gasteiger charge is -2.01. The smallest absolute Gasteiger partial charge is 0.199 e. The van der Waals surface area contributed by atoms with Gasteiger partial charge in [-0.1, -0.05) is 18.7 Å². The molecule has 2 aromatic carbocycles. The van der Waals surface area contributed by atoms with Gasteiger partial charge < -0.3 is 5.11 Å². The van der Waals surface area contributed by atoms with Crippen molar-refractivity contribution in [3.8, 4) is 5.75 Å². The Bertz CT molecular complexity index is 811. The predicted octanol–water partition coefficient (Wildman–Crippen LogP) is 4.03. The van der Waals surface area contributed by atoms with Gasteiger partial charge in [0.15, 0.2) is 9.84 Å². The highest BCUT2D eigenvalue weighted by molar-refractivity contribution is 7.94. The first kappa shape index (κ1) is 14.9. The summed E-state index contributed by atoms with van der Waals surface area (Å²) in [5, 5.41) is 18.4. The molecule has 0 aliphatic rings. The number of aryl methyl sites for hydroxylation is 1. The standard InChI is InChI=1S/C15H14N2O3S/c1-3-21(19,20)13-6-4-5-12(10-13)16-17-14-9-11(2)7-8-15(14)18/h3-10,18H,1H2,2H3. The van der Waals surface area contributed by atoms with Crippen LogP contribution in [0.15, 0.2) is 69.6 Å². The zero-order chi connectivity index (χ0) is 15.5. The van der Waals surface area contributed by atoms with Crippen molar-refractivity contribution in [1.82, 2.24) is 0 Å². The Morgan fingerprint density at radius 3 is 2.62 bits per heavy atom. The molecule has 0 saturated carbocycles. The van der Waals surface area contributed by atoms with Crippen LogP contribution in [0.1, 0.15) is 5.56 Å². The van der Waals surface area contributed by atoms with Crippen molar-refractivity contribution >= 4 is 21.2 Å². The highest BCUT2D eigenvalue weighted by Crippen LogP contribution is 2.29. The third-order valence-electron chi connectivity index (χ3n) is 2.77. The van der Waals surface area contributed by atoms with Crippen LogP contribution in [0.2, 0.25) is 0 Å². The van der Waals surface area contributed by atoms with Crippen LogP contribution in [-0.2, 0) is 9.84 Å². The topological polar surface area (TPSA) is 79.1 Å². The molecular weight excluding hydrogens is 288 g/mol. The molecule has 5 nitrogen and oxygen atoms in total. The number of aromatic hydroxyl groups is 1. The lowest BCUT2D eigenvalue weighted by molar-refractivity contribution is 0.476. The number of hydrogen-bond donors (Lipinski definition) is 1. The van der Waals surface area contributed by atoms with E-state index in [0.717, 1.165) is 11.0 Å². The molecule has 6 heteroatoms. The second-order valence-corrected chi connectivity index (χ2v) is 6.30. The van der Waals surface area contributed by atoms with Crippen LogP contribution in [0.4, 0.5) is 11.4 Å². The Balaban J connectivity index is 2.36. The normalized spacial score (nSPS) is 11.7. The zero-order valence-electron chi connectivity index (χ0n) is 11.4. The molecule has 0 aromatic heterocycles. The maximum absolute atomic E-state index is 11.7. The molecular formula is C15H14N2O3S. The molecule has 21 heavy (non-hydrogen) atoms. The van der Waals surface area contributed by atoms with E-state index >= 15 is 0 Å². The van der Waals surface area contributed by atoms with Crippen molar-refractivity contribution in [2.45, 2.75) is 11.8 Å². The molecule has 0 radical (unpaired) electrons. The summed E-state index contributed by atoms with van der Waals surface area (Å²) in [6.45, 7) is 5.15. The summed E-state index contributed by atoms with van der Waals surface area (Å²) in [6, 6.07) is 11.0. The van der Waals surface area contributed by atoms with Crippen LogP contribution in [0.3, 0.4) is 0 Å². The fraction of sp³-hybridized carbons (Fsp3) is 0.0667. The number of rotatable bonds is 4. The second kappa shape index (κ2) is 5.88. The van der Waals surface area contributed by atoms with E-state index in [2.05, 4.69) is 16.8 Å². The van der Waals surface area contributed by atoms with Crippen molar-refractivity contribution in [1.29, 1.82) is 0 Å². The minimum absolute atomic E-state index is 0.0132. The van der Waals surface area contributed by atoms with Gasteiger partial charge in [-0.25, -0.2) is 8.42 Å². The van der Waals surface area contributed by atoms with E-state index in [-0.39, 0.29) is 10.6 Å². The number of azo groups is 1. The van der Waals surface area contributed by atoms with Gasteiger partial charge in [-0.3, -0.25) is 0 Å². The molecule has 0 spiro atoms. The van der Waals surface area contributed by atoms with E-state index < -0.39 is 9.84 Å². The minimum atomic E-state index is -3.51. The van der Waals surface area contributed by atoms with E-state index in [1.165, 1.54) is 18.2 Å². The van der Waals surface area contributed by atoms with Gasteiger partial charge in [0.1, 0.15) is 11.4 Å². The van der Waals surface area contributed by atoms with Crippen molar-refractivity contribution in [3.05, 3.63) is 60.0 Å². The Morgan fingerprint density at radius 2 is 1.90 bits per heavy atom. The minimum Gasteiger partial charge on any atom is -0.506 e. The molecule has 1 N–H and O–H groups in total. The molecule has 0 aliphatic heterocycles. The van der Waals surface area contributed by atoms with Crippen molar-refractivity contribution in [3.63, 3.8) is 0 Å². The fourth-order valence-corrected chi connectivity index (χ4v) is 2.39. The quantitative estimate of drug-likeness (QED) is 0.866. The SMILES string of the molecule is C=CS(=O)(=O)c1cccc(N=Nc2cc(C)ccc2O)c1. The number of benzene rings is 2. The van der Waals surface area contributed by atoms with Gasteiger partial charge in [0.25, 0.3) is 0 Å². The fourth-order valence-electron chi connectivity index (χ4n) is 1.64. The first-order chi connectivity index (χ1) is 9.92. The van der Waals surface area contributed by atoms with Crippen molar-refractivity contribution in [2.24, 2.45) is 10.2 Å². The average molecular weight is 302 g/mol. The molecule has 0 aliphatic carbocycles. The van der Waals surface area contributed by atoms with Crippen molar-refractivity contribution < 1.29 is 13.5 Å². The zero-order valence-corrected chi connectivity index (χ0v) is 12.2. The van der Waals surface area contributed by atoms with E-state index in [4.69, 9.17) is 0 Å². The summed E-state index contributed by atoms with van der Waals surface area (Å²) < 4.78 is 23.4. The summed E-state index contributed by atoms with van der Waals surface area (Å²) in [5.41, 5.74) is 1.63. The summed E-state index contributed by atoms with van der Waals surface area (Å²) in [6.07, 6.45) is 0. The summed E-state index contributed by atoms with van der Waals surface area (Å²) in [4.78, 5) is 0.0995. The van der Waals surface area contributed by atoms with Crippen LogP contribution in [0.5, 0.6) is 5.75 Å². The van der Waals surface area contributed by atoms with Gasteiger partial charge in [-0.05, 0) is 42.8 Å². The third-order valence-corrected chi connectivity index (χ3v) is 4.12. The molecule has 0 bridgehead atoms. The lowest BCUT2D eigenvalue weighted by atomic mass is 10.2. The predicted molar refractivity (Wildman–Crippen MR) is 80.8 cm³/mol. The maximum atomic E-state index is 11.7. The molecule has 0 heterocycles. The van der Waals surface area contributed by atoms with Crippen LogP contribution < -0.4 is 0 Å². The monoisotopic (exact) mass is 302 g/mol. The van der Waals surface area contributed by atoms with Gasteiger partial charge in [0.05, 0.1) is 10.6 Å². The Kier molecular flexibility index (Phi) is 4.18. The molecule has 0 saturated heterocycles. The third kappa shape index (κ3) is 3.55. The Hall–Kier alpha value is -2.47. The highest BCUT2D eigenvalue weighted by atomic mass is 32.2. The number of sulfone groups is 1. The van der Waals surface area contributed by atoms with Crippen LogP contribution in [0.25, 0.3) is 0 Å². The average Bonchev–Trinajstić information content (AvgIpc) is 2.48.